The van der Waals surface area contributed by atoms with E-state index in [1.165, 1.54) is 4.68 Å². The number of pyridine rings is 1. The van der Waals surface area contributed by atoms with Crippen LogP contribution in [0.2, 0.25) is 0 Å². The van der Waals surface area contributed by atoms with Crippen LogP contribution < -0.4 is 5.32 Å². The number of halogens is 1. The van der Waals surface area contributed by atoms with Crippen LogP contribution in [-0.4, -0.2) is 31.5 Å². The molecule has 0 radical (unpaired) electrons. The van der Waals surface area contributed by atoms with Crippen molar-refractivity contribution in [2.75, 3.05) is 0 Å². The first-order chi connectivity index (χ1) is 10.3. The van der Waals surface area contributed by atoms with Crippen LogP contribution in [-0.2, 0) is 6.42 Å². The smallest absolute Gasteiger partial charge is 0.405 e. The van der Waals surface area contributed by atoms with Crippen LogP contribution in [0.5, 0.6) is 0 Å². The number of nitrogens with one attached hydrogen (secondary N) is 1. The zero-order valence-electron chi connectivity index (χ0n) is 12.0. The summed E-state index contributed by atoms with van der Waals surface area (Å²) >= 11 is 3.25. The lowest BCUT2D eigenvalue weighted by Crippen LogP contribution is -2.44. The van der Waals surface area contributed by atoms with Gasteiger partial charge in [0.1, 0.15) is 6.07 Å². The lowest BCUT2D eigenvalue weighted by molar-refractivity contribution is 0.182. The number of rotatable bonds is 4. The lowest BCUT2D eigenvalue weighted by atomic mass is 9.96. The number of nitriles is 1. The summed E-state index contributed by atoms with van der Waals surface area (Å²) in [5, 5.41) is 24.3. The van der Waals surface area contributed by atoms with Gasteiger partial charge in [0.15, 0.2) is 11.5 Å². The summed E-state index contributed by atoms with van der Waals surface area (Å²) < 4.78 is 2.11. The number of amides is 1. The van der Waals surface area contributed by atoms with E-state index in [0.29, 0.717) is 16.7 Å². The molecule has 114 valence electrons. The van der Waals surface area contributed by atoms with Gasteiger partial charge in [0.05, 0.1) is 4.47 Å². The molecule has 2 rings (SSSR count). The zero-order chi connectivity index (χ0) is 16.3. The van der Waals surface area contributed by atoms with Crippen molar-refractivity contribution in [2.45, 2.75) is 25.8 Å². The van der Waals surface area contributed by atoms with Crippen molar-refractivity contribution >= 4 is 22.0 Å². The van der Waals surface area contributed by atoms with Crippen molar-refractivity contribution in [3.8, 4) is 11.9 Å². The normalized spacial score (nSPS) is 11.0. The highest BCUT2D eigenvalue weighted by molar-refractivity contribution is 9.10. The van der Waals surface area contributed by atoms with E-state index in [1.807, 2.05) is 12.1 Å². The van der Waals surface area contributed by atoms with E-state index in [4.69, 9.17) is 10.4 Å². The van der Waals surface area contributed by atoms with Crippen LogP contribution in [0.15, 0.2) is 29.0 Å². The monoisotopic (exact) mass is 363 g/mol. The molecular formula is C14H14BrN5O2. The molecule has 0 aliphatic carbocycles. The molecule has 0 fully saturated rings. The van der Waals surface area contributed by atoms with E-state index >= 15 is 0 Å². The largest absolute Gasteiger partial charge is 0.465 e. The van der Waals surface area contributed by atoms with Crippen LogP contribution in [0.4, 0.5) is 4.79 Å². The summed E-state index contributed by atoms with van der Waals surface area (Å²) in [5.74, 6) is 0.579. The molecular weight excluding hydrogens is 350 g/mol. The number of carboxylic acid groups (broad SMARTS) is 1. The van der Waals surface area contributed by atoms with E-state index in [0.717, 1.165) is 5.56 Å². The number of hydrogen-bond acceptors (Lipinski definition) is 4. The second kappa shape index (κ2) is 6.15. The van der Waals surface area contributed by atoms with Crippen LogP contribution in [0.3, 0.4) is 0 Å². The standard InChI is InChI=1S/C14H14BrN5O2/c1-14(2,18-13(21)22)5-9-3-4-12(17-7-9)20-8-10(15)11(6-16)19-20/h3-4,7-8,18H,5H2,1-2H3,(H,21,22). The zero-order valence-corrected chi connectivity index (χ0v) is 13.6. The predicted molar refractivity (Wildman–Crippen MR) is 82.7 cm³/mol. The van der Waals surface area contributed by atoms with Gasteiger partial charge in [-0.05, 0) is 47.8 Å². The highest BCUT2D eigenvalue weighted by atomic mass is 79.9. The van der Waals surface area contributed by atoms with Crippen LogP contribution in [0.1, 0.15) is 25.1 Å². The Hall–Kier alpha value is -2.40. The molecule has 2 aromatic rings. The van der Waals surface area contributed by atoms with E-state index in [-0.39, 0.29) is 5.69 Å². The molecule has 7 nitrogen and oxygen atoms in total. The van der Waals surface area contributed by atoms with E-state index < -0.39 is 11.6 Å². The van der Waals surface area contributed by atoms with Crippen molar-refractivity contribution in [3.05, 3.63) is 40.3 Å². The molecule has 0 aliphatic rings. The summed E-state index contributed by atoms with van der Waals surface area (Å²) in [6.45, 7) is 3.61. The average molecular weight is 364 g/mol. The fraction of sp³-hybridized carbons (Fsp3) is 0.286. The molecule has 22 heavy (non-hydrogen) atoms. The molecule has 0 bridgehead atoms. The maximum atomic E-state index is 10.7. The first kappa shape index (κ1) is 16.0. The summed E-state index contributed by atoms with van der Waals surface area (Å²) in [7, 11) is 0. The highest BCUT2D eigenvalue weighted by Gasteiger charge is 2.20. The predicted octanol–water partition coefficient (Wildman–Crippen LogP) is 2.49. The molecule has 2 N–H and O–H groups in total. The van der Waals surface area contributed by atoms with Crippen molar-refractivity contribution in [1.29, 1.82) is 5.26 Å². The minimum Gasteiger partial charge on any atom is -0.465 e. The third kappa shape index (κ3) is 3.83. The molecule has 0 aromatic carbocycles. The van der Waals surface area contributed by atoms with Gasteiger partial charge in [0.2, 0.25) is 0 Å². The van der Waals surface area contributed by atoms with Gasteiger partial charge in [0.25, 0.3) is 0 Å². The van der Waals surface area contributed by atoms with Gasteiger partial charge in [-0.3, -0.25) is 0 Å². The van der Waals surface area contributed by atoms with Gasteiger partial charge in [-0.15, -0.1) is 0 Å². The Morgan fingerprint density at radius 1 is 1.55 bits per heavy atom. The Morgan fingerprint density at radius 2 is 2.27 bits per heavy atom. The molecule has 8 heteroatoms. The van der Waals surface area contributed by atoms with E-state index in [2.05, 4.69) is 31.3 Å². The lowest BCUT2D eigenvalue weighted by Gasteiger charge is -2.24. The molecule has 0 atom stereocenters. The maximum Gasteiger partial charge on any atom is 0.405 e. The molecule has 0 spiro atoms. The quantitative estimate of drug-likeness (QED) is 0.868. The Morgan fingerprint density at radius 3 is 2.77 bits per heavy atom. The molecule has 0 saturated carbocycles. The average Bonchev–Trinajstić information content (AvgIpc) is 2.78. The van der Waals surface area contributed by atoms with Crippen molar-refractivity contribution < 1.29 is 9.90 Å². The molecule has 0 unspecified atom stereocenters. The second-order valence-electron chi connectivity index (χ2n) is 5.40. The van der Waals surface area contributed by atoms with Gasteiger partial charge in [-0.1, -0.05) is 6.07 Å². The van der Waals surface area contributed by atoms with Gasteiger partial charge in [-0.2, -0.15) is 10.4 Å². The number of aromatic nitrogens is 3. The molecule has 1 amide bonds. The fourth-order valence-electron chi connectivity index (χ4n) is 2.05. The topological polar surface area (TPSA) is 104 Å². The Bertz CT molecular complexity index is 731. The molecule has 0 saturated heterocycles. The number of hydrogen-bond donors (Lipinski definition) is 2. The summed E-state index contributed by atoms with van der Waals surface area (Å²) in [4.78, 5) is 15.0. The van der Waals surface area contributed by atoms with Gasteiger partial charge >= 0.3 is 6.09 Å². The van der Waals surface area contributed by atoms with Gasteiger partial charge in [0, 0.05) is 17.9 Å². The molecule has 2 aromatic heterocycles. The van der Waals surface area contributed by atoms with E-state index in [1.54, 1.807) is 32.3 Å². The third-order valence-electron chi connectivity index (χ3n) is 2.91. The van der Waals surface area contributed by atoms with Crippen LogP contribution >= 0.6 is 15.9 Å². The summed E-state index contributed by atoms with van der Waals surface area (Å²) in [6, 6.07) is 5.60. The summed E-state index contributed by atoms with van der Waals surface area (Å²) in [6.07, 6.45) is 2.79. The van der Waals surface area contributed by atoms with Crippen molar-refractivity contribution in [1.82, 2.24) is 20.1 Å². The first-order valence-electron chi connectivity index (χ1n) is 6.42. The van der Waals surface area contributed by atoms with Crippen molar-refractivity contribution in [2.24, 2.45) is 0 Å². The fourth-order valence-corrected chi connectivity index (χ4v) is 2.41. The van der Waals surface area contributed by atoms with Gasteiger partial charge in [-0.25, -0.2) is 14.5 Å². The molecule has 2 heterocycles. The second-order valence-corrected chi connectivity index (χ2v) is 6.25. The van der Waals surface area contributed by atoms with Gasteiger partial charge < -0.3 is 10.4 Å². The third-order valence-corrected chi connectivity index (χ3v) is 3.49. The maximum absolute atomic E-state index is 10.7. The SMILES string of the molecule is CC(C)(Cc1ccc(-n2cc(Br)c(C#N)n2)nc1)NC(=O)O. The minimum atomic E-state index is -1.06. The molecule has 0 aliphatic heterocycles. The minimum absolute atomic E-state index is 0.290. The van der Waals surface area contributed by atoms with E-state index in [9.17, 15) is 4.79 Å². The number of nitrogens with zero attached hydrogens (tertiary/aromatic N) is 4. The number of carbonyl (C=O) groups is 1. The van der Waals surface area contributed by atoms with Crippen molar-refractivity contribution in [3.63, 3.8) is 0 Å². The Balaban J connectivity index is 2.16. The highest BCUT2D eigenvalue weighted by Crippen LogP contribution is 2.17. The Kier molecular flexibility index (Phi) is 4.47. The first-order valence-corrected chi connectivity index (χ1v) is 7.22. The van der Waals surface area contributed by atoms with Crippen LogP contribution in [0, 0.1) is 11.3 Å². The Labute approximate surface area is 135 Å². The van der Waals surface area contributed by atoms with Crippen LogP contribution in [0.25, 0.3) is 5.82 Å². The summed E-state index contributed by atoms with van der Waals surface area (Å²) in [5.41, 5.74) is 0.601.